The second-order valence-corrected chi connectivity index (χ2v) is 5.61. The van der Waals surface area contributed by atoms with Gasteiger partial charge in [-0.1, -0.05) is 22.7 Å². The Kier molecular flexibility index (Phi) is 6.37. The number of benzene rings is 1. The van der Waals surface area contributed by atoms with Crippen LogP contribution in [-0.4, -0.2) is 41.5 Å². The molecular weight excluding hydrogens is 458 g/mol. The lowest BCUT2D eigenvalue weighted by Gasteiger charge is -2.37. The predicted octanol–water partition coefficient (Wildman–Crippen LogP) is 4.82. The average molecular weight is 465 g/mol. The Labute approximate surface area is 157 Å². The molecule has 0 radical (unpaired) electrons. The summed E-state index contributed by atoms with van der Waals surface area (Å²) in [5.74, 6) is -45.4. The van der Waals surface area contributed by atoms with Gasteiger partial charge in [0.05, 0.1) is 5.69 Å². The van der Waals surface area contributed by atoms with Crippen molar-refractivity contribution in [3.63, 3.8) is 0 Å². The minimum Gasteiger partial charge on any atom is -0.265 e. The Morgan fingerprint density at radius 2 is 1.23 bits per heavy atom. The zero-order chi connectivity index (χ0) is 23.9. The first-order chi connectivity index (χ1) is 13.3. The predicted molar refractivity (Wildman–Crippen MR) is 71.7 cm³/mol. The molecule has 1 aromatic carbocycles. The fraction of sp³-hybridized carbons (Fsp3) is 0.429. The van der Waals surface area contributed by atoms with Gasteiger partial charge >= 0.3 is 41.5 Å². The van der Waals surface area contributed by atoms with Gasteiger partial charge in [0.25, 0.3) is 0 Å². The van der Waals surface area contributed by atoms with Crippen LogP contribution >= 0.6 is 0 Å². The molecule has 0 fully saturated rings. The molecule has 0 spiro atoms. The van der Waals surface area contributed by atoms with Crippen molar-refractivity contribution in [1.82, 2.24) is 0 Å². The molecule has 0 aliphatic rings. The number of carbonyl (C=O) groups excluding carboxylic acids is 2. The van der Waals surface area contributed by atoms with Crippen LogP contribution in [0.2, 0.25) is 0 Å². The van der Waals surface area contributed by atoms with Crippen LogP contribution in [0.25, 0.3) is 0 Å². The van der Waals surface area contributed by atoms with Crippen LogP contribution in [0.1, 0.15) is 5.56 Å². The van der Waals surface area contributed by atoms with Gasteiger partial charge in [-0.2, -0.15) is 43.9 Å². The highest BCUT2D eigenvalue weighted by Crippen LogP contribution is 2.57. The number of hydrogen-bond acceptors (Lipinski definition) is 3. The number of hydrogen-bond donors (Lipinski definition) is 0. The van der Waals surface area contributed by atoms with E-state index in [1.165, 1.54) is 0 Å². The third kappa shape index (κ3) is 3.40. The number of halogens is 12. The topological polar surface area (TPSA) is 46.6 Å². The monoisotopic (exact) mass is 465 g/mol. The Hall–Kier alpha value is -2.68. The lowest BCUT2D eigenvalue weighted by atomic mass is 9.93. The first-order valence-electron chi connectivity index (χ1n) is 7.10. The molecule has 0 aromatic heterocycles. The van der Waals surface area contributed by atoms with Gasteiger partial charge in [0, 0.05) is 4.53 Å². The molecule has 0 aliphatic heterocycles. The molecule has 30 heavy (non-hydrogen) atoms. The van der Waals surface area contributed by atoms with Gasteiger partial charge in [-0.25, -0.2) is 9.74 Å². The van der Waals surface area contributed by atoms with Gasteiger partial charge in [0.2, 0.25) is 0 Å². The number of nitrogens with zero attached hydrogens (tertiary/aromatic N) is 1. The molecule has 0 heterocycles. The molecule has 0 aliphatic carbocycles. The minimum absolute atomic E-state index is 0.387. The summed E-state index contributed by atoms with van der Waals surface area (Å²) in [6, 6.07) is 3.49. The first-order valence-corrected chi connectivity index (χ1v) is 7.10. The van der Waals surface area contributed by atoms with E-state index in [9.17, 15) is 62.5 Å². The van der Waals surface area contributed by atoms with Gasteiger partial charge < -0.3 is 0 Å². The summed E-state index contributed by atoms with van der Waals surface area (Å²) < 4.78 is 160. The summed E-state index contributed by atoms with van der Waals surface area (Å²) in [5.41, 5.74) is -1.58. The van der Waals surface area contributed by atoms with Crippen LogP contribution < -0.4 is 5.12 Å². The van der Waals surface area contributed by atoms with Crippen LogP contribution in [-0.2, 0) is 14.5 Å². The fourth-order valence-corrected chi connectivity index (χ4v) is 1.92. The van der Waals surface area contributed by atoms with Crippen molar-refractivity contribution >= 4 is 17.6 Å². The molecule has 0 N–H and O–H groups in total. The molecule has 0 atom stereocenters. The summed E-state index contributed by atoms with van der Waals surface area (Å²) in [6.07, 6.45) is 0. The maximum atomic E-state index is 13.9. The third-order valence-electron chi connectivity index (χ3n) is 3.68. The van der Waals surface area contributed by atoms with E-state index in [2.05, 4.69) is 0 Å². The molecule has 1 aromatic rings. The maximum absolute atomic E-state index is 13.9. The first kappa shape index (κ1) is 25.4. The van der Waals surface area contributed by atoms with Gasteiger partial charge in [-0.05, 0) is 18.6 Å². The summed E-state index contributed by atoms with van der Waals surface area (Å²) in [6.45, 7) is 0.942. The highest BCUT2D eigenvalue weighted by Gasteiger charge is 2.89. The zero-order valence-electron chi connectivity index (χ0n) is 14.0. The van der Waals surface area contributed by atoms with Crippen molar-refractivity contribution in [2.75, 3.05) is 5.12 Å². The van der Waals surface area contributed by atoms with Crippen LogP contribution in [0.15, 0.2) is 24.3 Å². The van der Waals surface area contributed by atoms with E-state index in [-0.39, 0.29) is 5.56 Å². The number of anilines is 1. The zero-order valence-corrected chi connectivity index (χ0v) is 14.0. The van der Waals surface area contributed by atoms with Crippen molar-refractivity contribution in [2.24, 2.45) is 0 Å². The van der Waals surface area contributed by atoms with E-state index in [0.717, 1.165) is 25.1 Å². The Morgan fingerprint density at radius 1 is 0.800 bits per heavy atom. The van der Waals surface area contributed by atoms with E-state index in [4.69, 9.17) is 0 Å². The van der Waals surface area contributed by atoms with Crippen LogP contribution in [0.4, 0.5) is 58.6 Å². The highest BCUT2D eigenvalue weighted by molar-refractivity contribution is 5.98. The number of aryl methyl sites for hydroxylation is 1. The normalized spacial score (nSPS) is 13.8. The number of amides is 1. The van der Waals surface area contributed by atoms with Crippen molar-refractivity contribution in [1.29, 1.82) is 0 Å². The molecule has 0 saturated heterocycles. The SMILES string of the molecule is Cc1ccccc1N(F)C(=O)C(F)(F)C(F)(F)C(F)(F)C(F)(F)C(F)(F)C(=O)OF. The molecule has 0 saturated carbocycles. The second kappa shape index (κ2) is 7.54. The summed E-state index contributed by atoms with van der Waals surface area (Å²) in [7, 11) is 0. The summed E-state index contributed by atoms with van der Waals surface area (Å²) in [4.78, 5) is 23.2. The average Bonchev–Trinajstić information content (AvgIpc) is 2.65. The van der Waals surface area contributed by atoms with Crippen molar-refractivity contribution in [3.05, 3.63) is 29.8 Å². The number of alkyl halides is 10. The van der Waals surface area contributed by atoms with E-state index >= 15 is 0 Å². The van der Waals surface area contributed by atoms with Gasteiger partial charge in [-0.3, -0.25) is 4.79 Å². The quantitative estimate of drug-likeness (QED) is 0.429. The van der Waals surface area contributed by atoms with Crippen molar-refractivity contribution in [3.8, 4) is 0 Å². The number of para-hydroxylation sites is 1. The molecular formula is C14H7F12NO3. The van der Waals surface area contributed by atoms with E-state index in [0.29, 0.717) is 6.07 Å². The fourth-order valence-electron chi connectivity index (χ4n) is 1.92. The molecule has 16 heteroatoms. The lowest BCUT2D eigenvalue weighted by molar-refractivity contribution is -0.392. The Morgan fingerprint density at radius 3 is 1.67 bits per heavy atom. The van der Waals surface area contributed by atoms with Gasteiger partial charge in [0.15, 0.2) is 0 Å². The number of rotatable bonds is 7. The Bertz CT molecular complexity index is 826. The van der Waals surface area contributed by atoms with Crippen molar-refractivity contribution in [2.45, 2.75) is 36.5 Å². The van der Waals surface area contributed by atoms with Crippen molar-refractivity contribution < 1.29 is 67.4 Å². The summed E-state index contributed by atoms with van der Waals surface area (Å²) in [5, 5.41) is -1.79. The third-order valence-corrected chi connectivity index (χ3v) is 3.68. The second-order valence-electron chi connectivity index (χ2n) is 5.61. The van der Waals surface area contributed by atoms with Crippen LogP contribution in [0.3, 0.4) is 0 Å². The molecule has 0 bridgehead atoms. The van der Waals surface area contributed by atoms with E-state index < -0.39 is 52.3 Å². The largest absolute Gasteiger partial charge is 0.424 e. The van der Waals surface area contributed by atoms with E-state index in [1.54, 1.807) is 4.94 Å². The molecule has 170 valence electrons. The van der Waals surface area contributed by atoms with Crippen LogP contribution in [0, 0.1) is 6.92 Å². The maximum Gasteiger partial charge on any atom is 0.424 e. The minimum atomic E-state index is -7.90. The molecule has 0 unspecified atom stereocenters. The lowest BCUT2D eigenvalue weighted by Crippen LogP contribution is -2.71. The van der Waals surface area contributed by atoms with Gasteiger partial charge in [-0.15, -0.1) is 5.12 Å². The molecule has 1 rings (SSSR count). The van der Waals surface area contributed by atoms with E-state index in [1.807, 2.05) is 0 Å². The molecule has 1 amide bonds. The highest BCUT2D eigenvalue weighted by atomic mass is 19.4. The smallest absolute Gasteiger partial charge is 0.265 e. The van der Waals surface area contributed by atoms with Gasteiger partial charge in [0.1, 0.15) is 0 Å². The summed E-state index contributed by atoms with van der Waals surface area (Å²) >= 11 is 0. The number of carbonyl (C=O) groups is 2. The Balaban J connectivity index is 3.50. The standard InChI is InChI=1S/C14H7F12NO3/c1-6-4-2-3-5-7(6)27(25)8(28)10(15,16)12(19,20)14(23,24)13(21,22)11(17,18)9(29)30-26/h2-5H,1H3. The molecule has 4 nitrogen and oxygen atoms in total. The van der Waals surface area contributed by atoms with Crippen LogP contribution in [0.5, 0.6) is 0 Å².